The fourth-order valence-corrected chi connectivity index (χ4v) is 2.27. The second-order valence-corrected chi connectivity index (χ2v) is 4.70. The van der Waals surface area contributed by atoms with Gasteiger partial charge in [-0.15, -0.1) is 0 Å². The number of amides is 2. The third-order valence-corrected chi connectivity index (χ3v) is 3.28. The number of aliphatic hydroxyl groups excluding tert-OH is 1. The molecule has 0 radical (unpaired) electrons. The maximum Gasteiger partial charge on any atom is 0.242 e. The number of nitrogens with one attached hydrogen (secondary N) is 3. The first-order valence-corrected chi connectivity index (χ1v) is 6.16. The zero-order chi connectivity index (χ0) is 12.3. The fourth-order valence-electron chi connectivity index (χ4n) is 2.27. The van der Waals surface area contributed by atoms with Crippen LogP contribution in [0.1, 0.15) is 25.7 Å². The van der Waals surface area contributed by atoms with Crippen LogP contribution in [-0.2, 0) is 9.59 Å². The van der Waals surface area contributed by atoms with E-state index in [9.17, 15) is 14.7 Å². The molecule has 2 aliphatic rings. The molecule has 0 spiro atoms. The predicted molar refractivity (Wildman–Crippen MR) is 61.2 cm³/mol. The summed E-state index contributed by atoms with van der Waals surface area (Å²) in [5.74, 6) is -0.294. The van der Waals surface area contributed by atoms with Gasteiger partial charge in [-0.1, -0.05) is 0 Å². The highest BCUT2D eigenvalue weighted by molar-refractivity contribution is 5.90. The van der Waals surface area contributed by atoms with Gasteiger partial charge < -0.3 is 21.1 Å². The van der Waals surface area contributed by atoms with Gasteiger partial charge in [0.05, 0.1) is 12.1 Å². The Morgan fingerprint density at radius 2 is 2.24 bits per heavy atom. The minimum Gasteiger partial charge on any atom is -0.392 e. The first-order valence-electron chi connectivity index (χ1n) is 6.16. The molecule has 3 unspecified atom stereocenters. The Hall–Kier alpha value is -1.14. The normalized spacial score (nSPS) is 33.9. The molecule has 2 heterocycles. The standard InChI is InChI=1S/C11H19N3O3/c15-7-5-9(13-6-7)11(17)14-8-3-1-2-4-12-10(8)16/h7-9,13,15H,1-6H2,(H,12,16)(H,14,17). The summed E-state index contributed by atoms with van der Waals surface area (Å²) in [6, 6.07) is -0.800. The van der Waals surface area contributed by atoms with Crippen LogP contribution in [0.3, 0.4) is 0 Å². The quantitative estimate of drug-likeness (QED) is 0.473. The number of carbonyl (C=O) groups excluding carboxylic acids is 2. The van der Waals surface area contributed by atoms with Crippen LogP contribution in [0, 0.1) is 0 Å². The SMILES string of the molecule is O=C(NC1CCCCNC1=O)C1CC(O)CN1. The summed E-state index contributed by atoms with van der Waals surface area (Å²) in [6.07, 6.45) is 2.53. The molecule has 2 saturated heterocycles. The van der Waals surface area contributed by atoms with Gasteiger partial charge in [-0.2, -0.15) is 0 Å². The summed E-state index contributed by atoms with van der Waals surface area (Å²) in [5, 5.41) is 17.8. The van der Waals surface area contributed by atoms with Crippen molar-refractivity contribution in [3.05, 3.63) is 0 Å². The first kappa shape index (κ1) is 12.3. The highest BCUT2D eigenvalue weighted by Crippen LogP contribution is 2.09. The average Bonchev–Trinajstić information content (AvgIpc) is 2.63. The largest absolute Gasteiger partial charge is 0.392 e. The molecule has 6 nitrogen and oxygen atoms in total. The van der Waals surface area contributed by atoms with Crippen molar-refractivity contribution in [2.45, 2.75) is 43.9 Å². The Balaban J connectivity index is 1.86. The molecule has 4 N–H and O–H groups in total. The summed E-state index contributed by atoms with van der Waals surface area (Å²) < 4.78 is 0. The zero-order valence-electron chi connectivity index (χ0n) is 9.74. The molecule has 2 amide bonds. The molecule has 3 atom stereocenters. The van der Waals surface area contributed by atoms with Crippen LogP contribution in [0.2, 0.25) is 0 Å². The van der Waals surface area contributed by atoms with Gasteiger partial charge in [0.15, 0.2) is 0 Å². The summed E-state index contributed by atoms with van der Waals surface area (Å²) in [6.45, 7) is 1.13. The maximum atomic E-state index is 11.9. The number of carbonyl (C=O) groups is 2. The lowest BCUT2D eigenvalue weighted by molar-refractivity contribution is -0.129. The van der Waals surface area contributed by atoms with Gasteiger partial charge in [-0.25, -0.2) is 0 Å². The lowest BCUT2D eigenvalue weighted by atomic mass is 10.1. The first-order chi connectivity index (χ1) is 8.16. The van der Waals surface area contributed by atoms with Crippen LogP contribution in [0.4, 0.5) is 0 Å². The van der Waals surface area contributed by atoms with E-state index in [0.29, 0.717) is 25.9 Å². The molecule has 2 aliphatic heterocycles. The van der Waals surface area contributed by atoms with E-state index in [2.05, 4.69) is 16.0 Å². The molecular formula is C11H19N3O3. The van der Waals surface area contributed by atoms with Crippen LogP contribution in [0.25, 0.3) is 0 Å². The molecule has 6 heteroatoms. The number of hydrogen-bond donors (Lipinski definition) is 4. The van der Waals surface area contributed by atoms with Gasteiger partial charge in [0, 0.05) is 13.1 Å². The Labute approximate surface area is 100 Å². The number of β-amino-alcohol motifs (C(OH)–C–C–N with tert-alkyl or cyclic N) is 1. The van der Waals surface area contributed by atoms with Crippen molar-refractivity contribution in [2.24, 2.45) is 0 Å². The van der Waals surface area contributed by atoms with Crippen LogP contribution >= 0.6 is 0 Å². The third kappa shape index (κ3) is 3.17. The van der Waals surface area contributed by atoms with Crippen LogP contribution in [0.5, 0.6) is 0 Å². The molecule has 2 fully saturated rings. The number of aliphatic hydroxyl groups is 1. The van der Waals surface area contributed by atoms with Crippen LogP contribution in [0.15, 0.2) is 0 Å². The van der Waals surface area contributed by atoms with Crippen LogP contribution in [-0.4, -0.2) is 48.2 Å². The van der Waals surface area contributed by atoms with E-state index in [-0.39, 0.29) is 17.9 Å². The minimum atomic E-state index is -0.464. The van der Waals surface area contributed by atoms with Gasteiger partial charge in [-0.3, -0.25) is 9.59 Å². The number of rotatable bonds is 2. The Morgan fingerprint density at radius 1 is 1.41 bits per heavy atom. The van der Waals surface area contributed by atoms with Gasteiger partial charge >= 0.3 is 0 Å². The molecular weight excluding hydrogens is 222 g/mol. The van der Waals surface area contributed by atoms with Gasteiger partial charge in [0.25, 0.3) is 0 Å². The van der Waals surface area contributed by atoms with E-state index in [0.717, 1.165) is 12.8 Å². The monoisotopic (exact) mass is 241 g/mol. The van der Waals surface area contributed by atoms with Crippen molar-refractivity contribution in [3.63, 3.8) is 0 Å². The van der Waals surface area contributed by atoms with Crippen LogP contribution < -0.4 is 16.0 Å². The van der Waals surface area contributed by atoms with E-state index < -0.39 is 12.1 Å². The molecule has 0 aromatic carbocycles. The van der Waals surface area contributed by atoms with Crippen molar-refractivity contribution in [3.8, 4) is 0 Å². The van der Waals surface area contributed by atoms with Gasteiger partial charge in [-0.05, 0) is 25.7 Å². The summed E-state index contributed by atoms with van der Waals surface area (Å²) in [5.41, 5.74) is 0. The summed E-state index contributed by atoms with van der Waals surface area (Å²) in [7, 11) is 0. The summed E-state index contributed by atoms with van der Waals surface area (Å²) in [4.78, 5) is 23.5. The molecule has 17 heavy (non-hydrogen) atoms. The maximum absolute atomic E-state index is 11.9. The Morgan fingerprint density at radius 3 is 2.94 bits per heavy atom. The van der Waals surface area contributed by atoms with E-state index in [1.165, 1.54) is 0 Å². The van der Waals surface area contributed by atoms with Crippen molar-refractivity contribution in [2.75, 3.05) is 13.1 Å². The second kappa shape index (κ2) is 5.46. The molecule has 96 valence electrons. The average molecular weight is 241 g/mol. The van der Waals surface area contributed by atoms with Gasteiger partial charge in [0.2, 0.25) is 11.8 Å². The lowest BCUT2D eigenvalue weighted by Crippen LogP contribution is -2.50. The Kier molecular flexibility index (Phi) is 3.96. The van der Waals surface area contributed by atoms with E-state index >= 15 is 0 Å². The molecule has 0 aromatic heterocycles. The van der Waals surface area contributed by atoms with Crippen molar-refractivity contribution < 1.29 is 14.7 Å². The van der Waals surface area contributed by atoms with E-state index in [1.54, 1.807) is 0 Å². The molecule has 0 saturated carbocycles. The van der Waals surface area contributed by atoms with Crippen molar-refractivity contribution in [1.29, 1.82) is 0 Å². The summed E-state index contributed by atoms with van der Waals surface area (Å²) >= 11 is 0. The zero-order valence-corrected chi connectivity index (χ0v) is 9.74. The highest BCUT2D eigenvalue weighted by Gasteiger charge is 2.31. The number of hydrogen-bond acceptors (Lipinski definition) is 4. The Bertz CT molecular complexity index is 308. The third-order valence-electron chi connectivity index (χ3n) is 3.28. The van der Waals surface area contributed by atoms with Crippen molar-refractivity contribution >= 4 is 11.8 Å². The molecule has 0 bridgehead atoms. The topological polar surface area (TPSA) is 90.5 Å². The highest BCUT2D eigenvalue weighted by atomic mass is 16.3. The lowest BCUT2D eigenvalue weighted by Gasteiger charge is -2.18. The molecule has 0 aliphatic carbocycles. The predicted octanol–water partition coefficient (Wildman–Crippen LogP) is -1.51. The fraction of sp³-hybridized carbons (Fsp3) is 0.818. The van der Waals surface area contributed by atoms with Gasteiger partial charge in [0.1, 0.15) is 6.04 Å². The van der Waals surface area contributed by atoms with E-state index in [1.807, 2.05) is 0 Å². The van der Waals surface area contributed by atoms with E-state index in [4.69, 9.17) is 0 Å². The smallest absolute Gasteiger partial charge is 0.242 e. The molecule has 2 rings (SSSR count). The van der Waals surface area contributed by atoms with Crippen molar-refractivity contribution in [1.82, 2.24) is 16.0 Å². The minimum absolute atomic E-state index is 0.102. The second-order valence-electron chi connectivity index (χ2n) is 4.70. The molecule has 0 aromatic rings.